The number of rotatable bonds is 5. The van der Waals surface area contributed by atoms with Gasteiger partial charge >= 0.3 is 0 Å². The van der Waals surface area contributed by atoms with Crippen LogP contribution in [0.25, 0.3) is 0 Å². The van der Waals surface area contributed by atoms with E-state index in [0.29, 0.717) is 17.9 Å². The maximum atomic E-state index is 6.23. The number of imidazole rings is 1. The molecule has 2 heterocycles. The summed E-state index contributed by atoms with van der Waals surface area (Å²) in [5, 5.41) is 0. The molecule has 1 aromatic rings. The van der Waals surface area contributed by atoms with E-state index in [-0.39, 0.29) is 0 Å². The van der Waals surface area contributed by atoms with Gasteiger partial charge in [-0.15, -0.1) is 0 Å². The lowest BCUT2D eigenvalue weighted by atomic mass is 9.91. The van der Waals surface area contributed by atoms with Crippen LogP contribution in [0.5, 0.6) is 0 Å². The van der Waals surface area contributed by atoms with Gasteiger partial charge in [-0.1, -0.05) is 34.1 Å². The molecule has 2 N–H and O–H groups in total. The highest BCUT2D eigenvalue weighted by Gasteiger charge is 2.27. The highest BCUT2D eigenvalue weighted by Crippen LogP contribution is 2.25. The molecule has 2 unspecified atom stereocenters. The second-order valence-corrected chi connectivity index (χ2v) is 6.50. The average Bonchev–Trinajstić information content (AvgIpc) is 2.81. The standard InChI is InChI=1S/C16H30N4/c1-5-13-10-19(8-7-15(13)17)16-18-14(6-2)11-20(16)9-12(3)4/h11-13,15H,5-10,17H2,1-4H3. The van der Waals surface area contributed by atoms with E-state index in [1.165, 1.54) is 5.69 Å². The Balaban J connectivity index is 2.20. The molecule has 0 radical (unpaired) electrons. The number of aryl methyl sites for hydroxylation is 1. The molecule has 2 atom stereocenters. The number of nitrogens with zero attached hydrogens (tertiary/aromatic N) is 3. The Morgan fingerprint density at radius 3 is 2.75 bits per heavy atom. The fourth-order valence-electron chi connectivity index (χ4n) is 3.07. The summed E-state index contributed by atoms with van der Waals surface area (Å²) >= 11 is 0. The molecular weight excluding hydrogens is 248 g/mol. The maximum absolute atomic E-state index is 6.23. The molecule has 4 nitrogen and oxygen atoms in total. The van der Waals surface area contributed by atoms with Crippen molar-refractivity contribution in [3.8, 4) is 0 Å². The summed E-state index contributed by atoms with van der Waals surface area (Å²) in [4.78, 5) is 7.29. The summed E-state index contributed by atoms with van der Waals surface area (Å²) in [5.74, 6) is 2.39. The van der Waals surface area contributed by atoms with E-state index in [2.05, 4.69) is 43.4 Å². The van der Waals surface area contributed by atoms with Gasteiger partial charge in [0.1, 0.15) is 0 Å². The number of aromatic nitrogens is 2. The first kappa shape index (κ1) is 15.4. The molecule has 1 aliphatic heterocycles. The van der Waals surface area contributed by atoms with Crippen LogP contribution in [0.15, 0.2) is 6.20 Å². The monoisotopic (exact) mass is 278 g/mol. The number of hydrogen-bond donors (Lipinski definition) is 1. The molecule has 0 bridgehead atoms. The molecule has 1 saturated heterocycles. The van der Waals surface area contributed by atoms with Gasteiger partial charge in [0.05, 0.1) is 5.69 Å². The third kappa shape index (κ3) is 3.35. The third-order valence-electron chi connectivity index (χ3n) is 4.33. The second kappa shape index (κ2) is 6.61. The molecule has 4 heteroatoms. The smallest absolute Gasteiger partial charge is 0.205 e. The van der Waals surface area contributed by atoms with Gasteiger partial charge in [0.2, 0.25) is 5.95 Å². The zero-order valence-electron chi connectivity index (χ0n) is 13.5. The van der Waals surface area contributed by atoms with E-state index in [9.17, 15) is 0 Å². The quantitative estimate of drug-likeness (QED) is 0.900. The Labute approximate surface area is 123 Å². The van der Waals surface area contributed by atoms with Gasteiger partial charge in [0, 0.05) is 31.9 Å². The Morgan fingerprint density at radius 2 is 2.15 bits per heavy atom. The minimum absolute atomic E-state index is 0.357. The third-order valence-corrected chi connectivity index (χ3v) is 4.33. The SMILES string of the molecule is CCc1cn(CC(C)C)c(N2CCC(N)C(CC)C2)n1. The molecule has 0 saturated carbocycles. The van der Waals surface area contributed by atoms with Crippen molar-refractivity contribution in [3.05, 3.63) is 11.9 Å². The van der Waals surface area contributed by atoms with Crippen molar-refractivity contribution in [2.24, 2.45) is 17.6 Å². The second-order valence-electron chi connectivity index (χ2n) is 6.50. The number of hydrogen-bond acceptors (Lipinski definition) is 3. The number of anilines is 1. The first-order valence-corrected chi connectivity index (χ1v) is 8.11. The van der Waals surface area contributed by atoms with Gasteiger partial charge in [-0.3, -0.25) is 0 Å². The topological polar surface area (TPSA) is 47.1 Å². The molecular formula is C16H30N4. The van der Waals surface area contributed by atoms with Crippen molar-refractivity contribution in [3.63, 3.8) is 0 Å². The zero-order valence-corrected chi connectivity index (χ0v) is 13.5. The van der Waals surface area contributed by atoms with Crippen LogP contribution >= 0.6 is 0 Å². The van der Waals surface area contributed by atoms with Gasteiger partial charge in [0.25, 0.3) is 0 Å². The largest absolute Gasteiger partial charge is 0.342 e. The number of piperidine rings is 1. The Bertz CT molecular complexity index is 424. The van der Waals surface area contributed by atoms with E-state index >= 15 is 0 Å². The maximum Gasteiger partial charge on any atom is 0.205 e. The molecule has 0 spiro atoms. The Hall–Kier alpha value is -1.03. The predicted octanol–water partition coefficient (Wildman–Crippen LogP) is 2.67. The summed E-state index contributed by atoms with van der Waals surface area (Å²) in [6.07, 6.45) is 5.46. The summed E-state index contributed by atoms with van der Waals surface area (Å²) in [6, 6.07) is 0.357. The lowest BCUT2D eigenvalue weighted by Gasteiger charge is -2.37. The lowest BCUT2D eigenvalue weighted by Crippen LogP contribution is -2.47. The van der Waals surface area contributed by atoms with Gasteiger partial charge in [-0.05, 0) is 24.7 Å². The highest BCUT2D eigenvalue weighted by atomic mass is 15.3. The Kier molecular flexibility index (Phi) is 5.08. The molecule has 1 fully saturated rings. The first-order valence-electron chi connectivity index (χ1n) is 8.11. The highest BCUT2D eigenvalue weighted by molar-refractivity contribution is 5.35. The summed E-state index contributed by atoms with van der Waals surface area (Å²) in [6.45, 7) is 12.1. The molecule has 0 aromatic carbocycles. The first-order chi connectivity index (χ1) is 9.55. The van der Waals surface area contributed by atoms with Crippen LogP contribution < -0.4 is 10.6 Å². The van der Waals surface area contributed by atoms with E-state index in [1.807, 2.05) is 0 Å². The molecule has 2 rings (SSSR count). The zero-order chi connectivity index (χ0) is 14.7. The van der Waals surface area contributed by atoms with Crippen molar-refractivity contribution in [1.82, 2.24) is 9.55 Å². The van der Waals surface area contributed by atoms with Gasteiger partial charge in [-0.25, -0.2) is 4.98 Å². The molecule has 114 valence electrons. The Morgan fingerprint density at radius 1 is 1.40 bits per heavy atom. The fourth-order valence-corrected chi connectivity index (χ4v) is 3.07. The van der Waals surface area contributed by atoms with Crippen LogP contribution in [-0.4, -0.2) is 28.7 Å². The molecule has 0 aliphatic carbocycles. The lowest BCUT2D eigenvalue weighted by molar-refractivity contribution is 0.342. The van der Waals surface area contributed by atoms with Crippen molar-refractivity contribution >= 4 is 5.95 Å². The van der Waals surface area contributed by atoms with Crippen molar-refractivity contribution in [2.75, 3.05) is 18.0 Å². The van der Waals surface area contributed by atoms with Crippen LogP contribution in [0, 0.1) is 11.8 Å². The van der Waals surface area contributed by atoms with Crippen molar-refractivity contribution in [1.29, 1.82) is 0 Å². The fraction of sp³-hybridized carbons (Fsp3) is 0.812. The van der Waals surface area contributed by atoms with Crippen LogP contribution in [0.2, 0.25) is 0 Å². The molecule has 1 aromatic heterocycles. The minimum Gasteiger partial charge on any atom is -0.342 e. The van der Waals surface area contributed by atoms with Crippen LogP contribution in [0.3, 0.4) is 0 Å². The number of nitrogens with two attached hydrogens (primary N) is 1. The van der Waals surface area contributed by atoms with E-state index in [1.54, 1.807) is 0 Å². The predicted molar refractivity (Wildman–Crippen MR) is 85.0 cm³/mol. The summed E-state index contributed by atoms with van der Waals surface area (Å²) < 4.78 is 2.34. The van der Waals surface area contributed by atoms with Gasteiger partial charge in [0.15, 0.2) is 0 Å². The van der Waals surface area contributed by atoms with Crippen LogP contribution in [0.4, 0.5) is 5.95 Å². The van der Waals surface area contributed by atoms with Gasteiger partial charge in [-0.2, -0.15) is 0 Å². The molecule has 20 heavy (non-hydrogen) atoms. The minimum atomic E-state index is 0.357. The average molecular weight is 278 g/mol. The van der Waals surface area contributed by atoms with Crippen LogP contribution in [-0.2, 0) is 13.0 Å². The van der Waals surface area contributed by atoms with E-state index in [4.69, 9.17) is 10.7 Å². The molecule has 0 amide bonds. The van der Waals surface area contributed by atoms with E-state index < -0.39 is 0 Å². The van der Waals surface area contributed by atoms with Gasteiger partial charge < -0.3 is 15.2 Å². The summed E-state index contributed by atoms with van der Waals surface area (Å²) in [5.41, 5.74) is 7.42. The normalized spacial score (nSPS) is 23.6. The molecule has 1 aliphatic rings. The van der Waals surface area contributed by atoms with E-state index in [0.717, 1.165) is 44.8 Å². The van der Waals surface area contributed by atoms with Crippen molar-refractivity contribution in [2.45, 2.75) is 59.5 Å². The van der Waals surface area contributed by atoms with Crippen molar-refractivity contribution < 1.29 is 0 Å². The summed E-state index contributed by atoms with van der Waals surface area (Å²) in [7, 11) is 0. The van der Waals surface area contributed by atoms with Crippen LogP contribution in [0.1, 0.15) is 46.2 Å².